The third-order valence-corrected chi connectivity index (χ3v) is 14.5. The topological polar surface area (TPSA) is 44.6 Å². The van der Waals surface area contributed by atoms with Crippen LogP contribution in [0.4, 0.5) is 11.4 Å². The van der Waals surface area contributed by atoms with Crippen LogP contribution in [0.5, 0.6) is 0 Å². The normalized spacial score (nSPS) is 20.4. The molecule has 4 atom stereocenters. The van der Waals surface area contributed by atoms with Crippen molar-refractivity contribution in [3.8, 4) is 11.1 Å². The van der Waals surface area contributed by atoms with E-state index in [0.717, 1.165) is 42.6 Å². The maximum atomic E-state index is 5.72. The zero-order valence-electron chi connectivity index (χ0n) is 38.2. The lowest BCUT2D eigenvalue weighted by atomic mass is 9.84. The number of allylic oxidation sites excluding steroid dienone is 4. The van der Waals surface area contributed by atoms with E-state index in [1.54, 1.807) is 0 Å². The summed E-state index contributed by atoms with van der Waals surface area (Å²) < 4.78 is 2.56. The molecule has 2 aliphatic carbocycles. The van der Waals surface area contributed by atoms with Gasteiger partial charge in [0, 0.05) is 45.1 Å². The molecule has 5 heteroatoms. The average molecular weight is 858 g/mol. The van der Waals surface area contributed by atoms with Gasteiger partial charge in [0.05, 0.1) is 22.4 Å². The van der Waals surface area contributed by atoms with E-state index < -0.39 is 0 Å². The molecule has 4 aliphatic rings. The highest BCUT2D eigenvalue weighted by Gasteiger charge is 2.42. The van der Waals surface area contributed by atoms with E-state index in [2.05, 4.69) is 224 Å². The quantitative estimate of drug-likeness (QED) is 0.157. The predicted molar refractivity (Wildman–Crippen MR) is 276 cm³/mol. The van der Waals surface area contributed by atoms with Gasteiger partial charge < -0.3 is 14.8 Å². The van der Waals surface area contributed by atoms with Crippen LogP contribution in [0.15, 0.2) is 192 Å². The van der Waals surface area contributed by atoms with Crippen LogP contribution in [0.25, 0.3) is 44.2 Å². The number of anilines is 2. The standard InChI is InChI=1S/C61H55N5/c1-38-26-30-53-49(34-38)50-35-39(2)27-31-54(50)65(53)57-45(42-16-8-5-9-17-42)22-14-24-47(57)60-62-59(44-20-12-7-13-21-44)63-61(64-60)48-25-15-23-46(43-18-10-6-11-19-43)58(48)66-55-32-28-40(3)36-51(55)52-37-41(4)29-33-56(52)66/h5-14,16-24,26,28-30,32-37,50,54,59,61,63H,15,25,27,31H2,1-4H3,(H,62,64). The van der Waals surface area contributed by atoms with Gasteiger partial charge in [-0.05, 0) is 118 Å². The van der Waals surface area contributed by atoms with Crippen molar-refractivity contribution in [2.75, 3.05) is 4.90 Å². The summed E-state index contributed by atoms with van der Waals surface area (Å²) in [6, 6.07) is 60.9. The summed E-state index contributed by atoms with van der Waals surface area (Å²) in [6.07, 6.45) is 8.45. The van der Waals surface area contributed by atoms with E-state index in [1.165, 1.54) is 94.5 Å². The van der Waals surface area contributed by atoms with E-state index in [-0.39, 0.29) is 18.4 Å². The third-order valence-electron chi connectivity index (χ3n) is 14.5. The zero-order valence-corrected chi connectivity index (χ0v) is 38.2. The molecule has 8 aromatic rings. The molecule has 0 saturated carbocycles. The summed E-state index contributed by atoms with van der Waals surface area (Å²) in [4.78, 5) is 8.41. The summed E-state index contributed by atoms with van der Waals surface area (Å²) in [5.41, 5.74) is 21.3. The van der Waals surface area contributed by atoms with Crippen LogP contribution in [0.1, 0.15) is 83.6 Å². The van der Waals surface area contributed by atoms with Gasteiger partial charge in [-0.25, -0.2) is 4.99 Å². The molecule has 0 fully saturated rings. The molecule has 1 aromatic heterocycles. The monoisotopic (exact) mass is 857 g/mol. The Morgan fingerprint density at radius 1 is 0.606 bits per heavy atom. The van der Waals surface area contributed by atoms with Crippen LogP contribution < -0.4 is 15.5 Å². The Bertz CT molecular complexity index is 3260. The van der Waals surface area contributed by atoms with Crippen molar-refractivity contribution in [2.45, 2.75) is 77.7 Å². The Morgan fingerprint density at radius 3 is 1.95 bits per heavy atom. The zero-order chi connectivity index (χ0) is 44.5. The average Bonchev–Trinajstić information content (AvgIpc) is 3.84. The first-order valence-corrected chi connectivity index (χ1v) is 23.8. The highest BCUT2D eigenvalue weighted by Crippen LogP contribution is 2.53. The number of hydrogen-bond acceptors (Lipinski definition) is 4. The minimum absolute atomic E-state index is 0.247. The van der Waals surface area contributed by atoms with Crippen molar-refractivity contribution >= 4 is 50.3 Å². The minimum Gasteiger partial charge on any atom is -0.351 e. The molecule has 2 N–H and O–H groups in total. The molecule has 0 spiro atoms. The number of fused-ring (bicyclic) bond motifs is 6. The summed E-state index contributed by atoms with van der Waals surface area (Å²) in [6.45, 7) is 8.94. The van der Waals surface area contributed by atoms with Gasteiger partial charge in [0.15, 0.2) is 0 Å². The summed E-state index contributed by atoms with van der Waals surface area (Å²) in [5.74, 6) is 1.21. The van der Waals surface area contributed by atoms with Crippen LogP contribution in [0.2, 0.25) is 0 Å². The number of amidine groups is 1. The maximum absolute atomic E-state index is 5.72. The summed E-state index contributed by atoms with van der Waals surface area (Å²) >= 11 is 0. The fraction of sp³-hybridized carbons (Fsp3) is 0.197. The SMILES string of the molecule is CC1=CC2c3cc(C)ccc3N(c3c(C4=NC(c5ccccc5)NC(C5=C(n6c7ccc(C)cc7c7cc(C)ccc76)C(c6ccccc6)=CCC5)N4)cccc3-c3ccccc3)C2CC1. The fourth-order valence-electron chi connectivity index (χ4n) is 11.5. The molecule has 2 aliphatic heterocycles. The number of rotatable bonds is 7. The lowest BCUT2D eigenvalue weighted by Crippen LogP contribution is -2.53. The largest absolute Gasteiger partial charge is 0.351 e. The van der Waals surface area contributed by atoms with E-state index in [0.29, 0.717) is 5.92 Å². The summed E-state index contributed by atoms with van der Waals surface area (Å²) in [5, 5.41) is 10.8. The van der Waals surface area contributed by atoms with Gasteiger partial charge in [0.2, 0.25) is 0 Å². The van der Waals surface area contributed by atoms with Crippen molar-refractivity contribution < 1.29 is 0 Å². The first-order chi connectivity index (χ1) is 32.4. The first-order valence-electron chi connectivity index (χ1n) is 23.8. The molecular weight excluding hydrogens is 803 g/mol. The molecule has 0 amide bonds. The molecular formula is C61H55N5. The van der Waals surface area contributed by atoms with Gasteiger partial charge in [-0.15, -0.1) is 0 Å². The molecule has 5 nitrogen and oxygen atoms in total. The maximum Gasteiger partial charge on any atom is 0.134 e. The third kappa shape index (κ3) is 6.84. The number of aliphatic imine (C=N–C) groups is 1. The Balaban J connectivity index is 1.10. The lowest BCUT2D eigenvalue weighted by Gasteiger charge is -2.39. The summed E-state index contributed by atoms with van der Waals surface area (Å²) in [7, 11) is 0. The number of aryl methyl sites for hydroxylation is 3. The van der Waals surface area contributed by atoms with E-state index in [4.69, 9.17) is 4.99 Å². The van der Waals surface area contributed by atoms with E-state index in [9.17, 15) is 0 Å². The van der Waals surface area contributed by atoms with Crippen molar-refractivity contribution in [1.82, 2.24) is 15.2 Å². The first kappa shape index (κ1) is 40.3. The molecule has 3 heterocycles. The molecule has 12 rings (SSSR count). The van der Waals surface area contributed by atoms with Gasteiger partial charge in [-0.1, -0.05) is 162 Å². The second-order valence-electron chi connectivity index (χ2n) is 19.0. The Kier molecular flexibility index (Phi) is 9.98. The molecule has 7 aromatic carbocycles. The van der Waals surface area contributed by atoms with Gasteiger partial charge in [0.25, 0.3) is 0 Å². The molecule has 324 valence electrons. The second-order valence-corrected chi connectivity index (χ2v) is 19.0. The minimum atomic E-state index is -0.300. The number of nitrogens with one attached hydrogen (secondary N) is 2. The van der Waals surface area contributed by atoms with E-state index >= 15 is 0 Å². The Hall–Kier alpha value is -7.21. The number of nitrogens with zero attached hydrogens (tertiary/aromatic N) is 3. The van der Waals surface area contributed by atoms with Crippen LogP contribution in [-0.4, -0.2) is 22.6 Å². The second kappa shape index (κ2) is 16.3. The van der Waals surface area contributed by atoms with Crippen molar-refractivity contribution in [1.29, 1.82) is 0 Å². The number of para-hydroxylation sites is 1. The Morgan fingerprint density at radius 2 is 1.24 bits per heavy atom. The molecule has 66 heavy (non-hydrogen) atoms. The van der Waals surface area contributed by atoms with Crippen molar-refractivity contribution in [2.24, 2.45) is 4.99 Å². The highest BCUT2D eigenvalue weighted by molar-refractivity contribution is 6.15. The van der Waals surface area contributed by atoms with Crippen molar-refractivity contribution in [3.63, 3.8) is 0 Å². The Labute approximate surface area is 388 Å². The van der Waals surface area contributed by atoms with Gasteiger partial charge >= 0.3 is 0 Å². The van der Waals surface area contributed by atoms with Crippen LogP contribution >= 0.6 is 0 Å². The molecule has 0 saturated heterocycles. The predicted octanol–water partition coefficient (Wildman–Crippen LogP) is 14.5. The van der Waals surface area contributed by atoms with Crippen LogP contribution in [-0.2, 0) is 0 Å². The van der Waals surface area contributed by atoms with Crippen LogP contribution in [0.3, 0.4) is 0 Å². The van der Waals surface area contributed by atoms with Crippen LogP contribution in [0, 0.1) is 20.8 Å². The number of aromatic nitrogens is 1. The lowest BCUT2D eigenvalue weighted by molar-refractivity contribution is 0.429. The highest BCUT2D eigenvalue weighted by atomic mass is 15.3. The van der Waals surface area contributed by atoms with Gasteiger partial charge in [-0.3, -0.25) is 5.32 Å². The fourth-order valence-corrected chi connectivity index (χ4v) is 11.5. The molecule has 0 bridgehead atoms. The number of hydrogen-bond donors (Lipinski definition) is 2. The number of benzene rings is 7. The van der Waals surface area contributed by atoms with E-state index in [1.807, 2.05) is 0 Å². The molecule has 4 unspecified atom stereocenters. The smallest absolute Gasteiger partial charge is 0.134 e. The molecule has 0 radical (unpaired) electrons. The van der Waals surface area contributed by atoms with Crippen molar-refractivity contribution in [3.05, 3.63) is 226 Å². The van der Waals surface area contributed by atoms with Gasteiger partial charge in [0.1, 0.15) is 18.2 Å². The van der Waals surface area contributed by atoms with Gasteiger partial charge in [-0.2, -0.15) is 0 Å².